The Labute approximate surface area is 150 Å². The van der Waals surface area contributed by atoms with Crippen molar-refractivity contribution in [2.75, 3.05) is 0 Å². The number of hydrogen-bond acceptors (Lipinski definition) is 7. The standard InChI is InChI=1S/C17H12N4O4S/c1-10-18-15-16(26-10)14(13-6-3-7-25-13)19-20(17(15)22)9-11-4-2-5-12(8-11)21(23)24/h2-8H,9H2,1H3. The number of nitrogens with zero attached hydrogens (tertiary/aromatic N) is 4. The molecule has 130 valence electrons. The van der Waals surface area contributed by atoms with Crippen LogP contribution in [0.1, 0.15) is 10.6 Å². The molecular formula is C17H12N4O4S. The summed E-state index contributed by atoms with van der Waals surface area (Å²) in [5.41, 5.74) is 1.07. The third-order valence-corrected chi connectivity index (χ3v) is 4.79. The molecular weight excluding hydrogens is 356 g/mol. The van der Waals surface area contributed by atoms with E-state index in [1.807, 2.05) is 6.92 Å². The first-order valence-electron chi connectivity index (χ1n) is 7.68. The van der Waals surface area contributed by atoms with E-state index in [-0.39, 0.29) is 17.8 Å². The Kier molecular flexibility index (Phi) is 3.85. The smallest absolute Gasteiger partial charge is 0.294 e. The van der Waals surface area contributed by atoms with Gasteiger partial charge in [-0.1, -0.05) is 12.1 Å². The minimum atomic E-state index is -0.471. The van der Waals surface area contributed by atoms with Crippen LogP contribution in [-0.2, 0) is 6.54 Å². The van der Waals surface area contributed by atoms with Crippen LogP contribution in [0.2, 0.25) is 0 Å². The van der Waals surface area contributed by atoms with Gasteiger partial charge in [0.05, 0.1) is 27.4 Å². The number of nitro groups is 1. The van der Waals surface area contributed by atoms with Crippen LogP contribution < -0.4 is 5.56 Å². The number of benzene rings is 1. The number of furan rings is 1. The maximum Gasteiger partial charge on any atom is 0.294 e. The van der Waals surface area contributed by atoms with E-state index in [9.17, 15) is 14.9 Å². The van der Waals surface area contributed by atoms with Crippen LogP contribution in [0.3, 0.4) is 0 Å². The highest BCUT2D eigenvalue weighted by Crippen LogP contribution is 2.29. The molecule has 4 rings (SSSR count). The number of aromatic nitrogens is 3. The molecule has 0 saturated carbocycles. The van der Waals surface area contributed by atoms with E-state index >= 15 is 0 Å². The maximum absolute atomic E-state index is 12.8. The highest BCUT2D eigenvalue weighted by Gasteiger charge is 2.18. The van der Waals surface area contributed by atoms with Crippen molar-refractivity contribution in [1.29, 1.82) is 0 Å². The second-order valence-electron chi connectivity index (χ2n) is 5.63. The average Bonchev–Trinajstić information content (AvgIpc) is 3.27. The van der Waals surface area contributed by atoms with E-state index < -0.39 is 4.92 Å². The predicted octanol–water partition coefficient (Wildman–Crippen LogP) is 3.38. The Morgan fingerprint density at radius 3 is 2.88 bits per heavy atom. The van der Waals surface area contributed by atoms with Gasteiger partial charge in [0.2, 0.25) is 0 Å². The summed E-state index contributed by atoms with van der Waals surface area (Å²) in [6, 6.07) is 9.63. The molecule has 0 aliphatic carbocycles. The summed E-state index contributed by atoms with van der Waals surface area (Å²) < 4.78 is 7.37. The SMILES string of the molecule is Cc1nc2c(=O)n(Cc3cccc([N+](=O)[O-])c3)nc(-c3ccco3)c2s1. The highest BCUT2D eigenvalue weighted by atomic mass is 32.1. The monoisotopic (exact) mass is 368 g/mol. The van der Waals surface area contributed by atoms with Gasteiger partial charge >= 0.3 is 0 Å². The van der Waals surface area contributed by atoms with Crippen LogP contribution >= 0.6 is 11.3 Å². The molecule has 26 heavy (non-hydrogen) atoms. The van der Waals surface area contributed by atoms with Gasteiger partial charge in [-0.05, 0) is 24.6 Å². The maximum atomic E-state index is 12.8. The van der Waals surface area contributed by atoms with Crippen LogP contribution in [0.5, 0.6) is 0 Å². The molecule has 0 bridgehead atoms. The van der Waals surface area contributed by atoms with Crippen molar-refractivity contribution in [2.24, 2.45) is 0 Å². The molecule has 3 aromatic heterocycles. The number of aryl methyl sites for hydroxylation is 1. The number of hydrogen-bond donors (Lipinski definition) is 0. The number of rotatable bonds is 4. The topological polar surface area (TPSA) is 104 Å². The van der Waals surface area contributed by atoms with Crippen molar-refractivity contribution in [2.45, 2.75) is 13.5 Å². The second kappa shape index (κ2) is 6.19. The molecule has 4 aromatic rings. The van der Waals surface area contributed by atoms with E-state index in [1.165, 1.54) is 34.4 Å². The van der Waals surface area contributed by atoms with Crippen molar-refractivity contribution >= 4 is 27.2 Å². The van der Waals surface area contributed by atoms with E-state index in [2.05, 4.69) is 10.1 Å². The lowest BCUT2D eigenvalue weighted by Crippen LogP contribution is -2.24. The van der Waals surface area contributed by atoms with Crippen LogP contribution in [0.4, 0.5) is 5.69 Å². The van der Waals surface area contributed by atoms with Gasteiger partial charge in [0.25, 0.3) is 11.2 Å². The number of thiazole rings is 1. The minimum Gasteiger partial charge on any atom is -0.463 e. The summed E-state index contributed by atoms with van der Waals surface area (Å²) in [6.45, 7) is 1.92. The molecule has 0 aliphatic rings. The summed E-state index contributed by atoms with van der Waals surface area (Å²) in [7, 11) is 0. The Hall–Kier alpha value is -3.33. The average molecular weight is 368 g/mol. The van der Waals surface area contributed by atoms with Gasteiger partial charge in [-0.25, -0.2) is 9.67 Å². The molecule has 0 amide bonds. The van der Waals surface area contributed by atoms with Crippen molar-refractivity contribution in [3.63, 3.8) is 0 Å². The van der Waals surface area contributed by atoms with Gasteiger partial charge in [-0.15, -0.1) is 11.3 Å². The fourth-order valence-corrected chi connectivity index (χ4v) is 3.59. The van der Waals surface area contributed by atoms with Gasteiger partial charge in [-0.3, -0.25) is 14.9 Å². The molecule has 0 saturated heterocycles. The summed E-state index contributed by atoms with van der Waals surface area (Å²) in [6.07, 6.45) is 1.53. The Balaban J connectivity index is 1.88. The van der Waals surface area contributed by atoms with Crippen LogP contribution in [0, 0.1) is 17.0 Å². The first kappa shape index (κ1) is 16.2. The first-order valence-corrected chi connectivity index (χ1v) is 8.50. The fourth-order valence-electron chi connectivity index (χ4n) is 2.69. The molecule has 0 aliphatic heterocycles. The zero-order valence-electron chi connectivity index (χ0n) is 13.6. The molecule has 8 nitrogen and oxygen atoms in total. The normalized spacial score (nSPS) is 11.1. The summed E-state index contributed by atoms with van der Waals surface area (Å²) in [4.78, 5) is 27.6. The molecule has 0 N–H and O–H groups in total. The van der Waals surface area contributed by atoms with Crippen molar-refractivity contribution in [3.8, 4) is 11.5 Å². The molecule has 9 heteroatoms. The zero-order valence-corrected chi connectivity index (χ0v) is 14.4. The van der Waals surface area contributed by atoms with Crippen LogP contribution in [0.25, 0.3) is 21.7 Å². The summed E-state index contributed by atoms with van der Waals surface area (Å²) >= 11 is 1.38. The van der Waals surface area contributed by atoms with Gasteiger partial charge in [0, 0.05) is 12.1 Å². The van der Waals surface area contributed by atoms with Crippen LogP contribution in [-0.4, -0.2) is 19.7 Å². The van der Waals surface area contributed by atoms with E-state index in [0.717, 1.165) is 5.01 Å². The van der Waals surface area contributed by atoms with Crippen molar-refractivity contribution in [3.05, 3.63) is 73.7 Å². The van der Waals surface area contributed by atoms with E-state index in [1.54, 1.807) is 24.3 Å². The minimum absolute atomic E-state index is 0.0348. The summed E-state index contributed by atoms with van der Waals surface area (Å²) in [5.74, 6) is 0.534. The molecule has 3 heterocycles. The summed E-state index contributed by atoms with van der Waals surface area (Å²) in [5, 5.41) is 16.1. The lowest BCUT2D eigenvalue weighted by molar-refractivity contribution is -0.384. The fraction of sp³-hybridized carbons (Fsp3) is 0.118. The zero-order chi connectivity index (χ0) is 18.3. The predicted molar refractivity (Wildman–Crippen MR) is 96.3 cm³/mol. The Morgan fingerprint density at radius 1 is 1.31 bits per heavy atom. The van der Waals surface area contributed by atoms with Crippen molar-refractivity contribution < 1.29 is 9.34 Å². The van der Waals surface area contributed by atoms with E-state index in [0.29, 0.717) is 27.2 Å². The molecule has 0 fully saturated rings. The number of nitro benzene ring substituents is 1. The molecule has 0 atom stereocenters. The van der Waals surface area contributed by atoms with Gasteiger partial charge in [-0.2, -0.15) is 5.10 Å². The Morgan fingerprint density at radius 2 is 2.15 bits per heavy atom. The van der Waals surface area contributed by atoms with Crippen molar-refractivity contribution in [1.82, 2.24) is 14.8 Å². The Bertz CT molecular complexity index is 1180. The number of non-ortho nitro benzene ring substituents is 1. The van der Waals surface area contributed by atoms with Gasteiger partial charge in [0.1, 0.15) is 5.69 Å². The van der Waals surface area contributed by atoms with Crippen LogP contribution in [0.15, 0.2) is 51.9 Å². The molecule has 0 spiro atoms. The molecule has 0 radical (unpaired) electrons. The third kappa shape index (κ3) is 2.78. The van der Waals surface area contributed by atoms with Gasteiger partial charge < -0.3 is 4.42 Å². The quantitative estimate of drug-likeness (QED) is 0.404. The lowest BCUT2D eigenvalue weighted by Gasteiger charge is -2.07. The highest BCUT2D eigenvalue weighted by molar-refractivity contribution is 7.19. The lowest BCUT2D eigenvalue weighted by atomic mass is 10.2. The second-order valence-corrected chi connectivity index (χ2v) is 6.83. The van der Waals surface area contributed by atoms with Gasteiger partial charge in [0.15, 0.2) is 11.3 Å². The first-order chi connectivity index (χ1) is 12.5. The largest absolute Gasteiger partial charge is 0.463 e. The third-order valence-electron chi connectivity index (χ3n) is 3.82. The molecule has 1 aromatic carbocycles. The van der Waals surface area contributed by atoms with E-state index in [4.69, 9.17) is 4.42 Å². The molecule has 0 unspecified atom stereocenters. The number of fused-ring (bicyclic) bond motifs is 1.